The minimum absolute atomic E-state index is 0.701. The summed E-state index contributed by atoms with van der Waals surface area (Å²) in [7, 11) is 0. The summed E-state index contributed by atoms with van der Waals surface area (Å²) in [5, 5.41) is 6.97. The van der Waals surface area contributed by atoms with Gasteiger partial charge in [-0.3, -0.25) is 4.90 Å². The molecule has 1 fully saturated rings. The molecule has 120 valence electrons. The summed E-state index contributed by atoms with van der Waals surface area (Å²) in [5.41, 5.74) is 1.27. The zero-order valence-electron chi connectivity index (χ0n) is 13.9. The molecule has 0 radical (unpaired) electrons. The van der Waals surface area contributed by atoms with Gasteiger partial charge in [0.25, 0.3) is 0 Å². The molecule has 1 aromatic rings. The molecule has 1 N–H and O–H groups in total. The maximum absolute atomic E-state index is 4.81. The molecule has 1 aromatic heterocycles. The first kappa shape index (κ1) is 16.9. The van der Waals surface area contributed by atoms with Crippen LogP contribution in [-0.2, 0) is 13.1 Å². The number of hydrogen-bond acceptors (Lipinski definition) is 4. The average molecular weight is 310 g/mol. The molecular weight excluding hydrogens is 278 g/mol. The highest BCUT2D eigenvalue weighted by atomic mass is 32.1. The molecular formula is C17H31N3S. The van der Waals surface area contributed by atoms with Crippen LogP contribution < -0.4 is 5.32 Å². The molecule has 3 nitrogen and oxygen atoms in total. The number of rotatable bonds is 7. The molecule has 0 aliphatic carbocycles. The fourth-order valence-corrected chi connectivity index (χ4v) is 3.84. The quantitative estimate of drug-likeness (QED) is 0.824. The van der Waals surface area contributed by atoms with Crippen molar-refractivity contribution in [2.24, 2.45) is 5.92 Å². The molecule has 0 spiro atoms. The van der Waals surface area contributed by atoms with Crippen molar-refractivity contribution in [3.63, 3.8) is 0 Å². The highest BCUT2D eigenvalue weighted by Crippen LogP contribution is 2.22. The molecule has 1 atom stereocenters. The number of hydrogen-bond donors (Lipinski definition) is 1. The maximum atomic E-state index is 4.81. The zero-order chi connectivity index (χ0) is 15.1. The standard InChI is InChI=1S/C17H31N3S/c1-4-16-8-6-5-7-9-20(16)12-15-13-21-17(19-15)11-18-10-14(2)3/h13-14,16,18H,4-12H2,1-3H3. The van der Waals surface area contributed by atoms with Gasteiger partial charge < -0.3 is 5.32 Å². The average Bonchev–Trinajstić information content (AvgIpc) is 2.77. The van der Waals surface area contributed by atoms with Crippen molar-refractivity contribution in [3.05, 3.63) is 16.1 Å². The number of likely N-dealkylation sites (tertiary alicyclic amines) is 1. The second-order valence-electron chi connectivity index (χ2n) is 6.64. The third-order valence-corrected chi connectivity index (χ3v) is 5.16. The van der Waals surface area contributed by atoms with Crippen LogP contribution >= 0.6 is 11.3 Å². The Balaban J connectivity index is 1.85. The van der Waals surface area contributed by atoms with Crippen LogP contribution in [0.25, 0.3) is 0 Å². The van der Waals surface area contributed by atoms with Crippen molar-refractivity contribution in [2.75, 3.05) is 13.1 Å². The second kappa shape index (κ2) is 8.86. The van der Waals surface area contributed by atoms with Crippen molar-refractivity contribution in [1.29, 1.82) is 0 Å². The topological polar surface area (TPSA) is 28.2 Å². The lowest BCUT2D eigenvalue weighted by Crippen LogP contribution is -2.33. The van der Waals surface area contributed by atoms with Crippen LogP contribution in [0.15, 0.2) is 5.38 Å². The van der Waals surface area contributed by atoms with Crippen LogP contribution in [0.3, 0.4) is 0 Å². The Labute approximate surface area is 134 Å². The lowest BCUT2D eigenvalue weighted by molar-refractivity contribution is 0.184. The molecule has 2 rings (SSSR count). The highest BCUT2D eigenvalue weighted by molar-refractivity contribution is 7.09. The fourth-order valence-electron chi connectivity index (χ4n) is 3.09. The van der Waals surface area contributed by atoms with E-state index in [1.165, 1.54) is 49.4 Å². The van der Waals surface area contributed by atoms with Gasteiger partial charge in [-0.25, -0.2) is 4.98 Å². The van der Waals surface area contributed by atoms with E-state index in [1.54, 1.807) is 11.3 Å². The van der Waals surface area contributed by atoms with Crippen molar-refractivity contribution >= 4 is 11.3 Å². The van der Waals surface area contributed by atoms with Crippen molar-refractivity contribution in [3.8, 4) is 0 Å². The van der Waals surface area contributed by atoms with Crippen LogP contribution in [0.1, 0.15) is 63.6 Å². The Morgan fingerprint density at radius 2 is 2.24 bits per heavy atom. The van der Waals surface area contributed by atoms with Crippen LogP contribution in [0.4, 0.5) is 0 Å². The summed E-state index contributed by atoms with van der Waals surface area (Å²) < 4.78 is 0. The Hall–Kier alpha value is -0.450. The van der Waals surface area contributed by atoms with Gasteiger partial charge in [-0.1, -0.05) is 33.6 Å². The molecule has 4 heteroatoms. The normalized spacial score (nSPS) is 20.9. The molecule has 2 heterocycles. The molecule has 1 saturated heterocycles. The van der Waals surface area contributed by atoms with E-state index in [2.05, 4.69) is 36.4 Å². The van der Waals surface area contributed by atoms with E-state index in [0.29, 0.717) is 5.92 Å². The molecule has 1 aliphatic heterocycles. The number of thiazole rings is 1. The van der Waals surface area contributed by atoms with Crippen LogP contribution in [-0.4, -0.2) is 29.0 Å². The summed E-state index contributed by atoms with van der Waals surface area (Å²) in [5.74, 6) is 0.701. The fraction of sp³-hybridized carbons (Fsp3) is 0.824. The van der Waals surface area contributed by atoms with Gasteiger partial charge in [0.05, 0.1) is 5.69 Å². The number of aromatic nitrogens is 1. The van der Waals surface area contributed by atoms with Crippen LogP contribution in [0.2, 0.25) is 0 Å². The van der Waals surface area contributed by atoms with E-state index >= 15 is 0 Å². The zero-order valence-corrected chi connectivity index (χ0v) is 14.7. The number of nitrogens with one attached hydrogen (secondary N) is 1. The van der Waals surface area contributed by atoms with Gasteiger partial charge in [0, 0.05) is 24.5 Å². The van der Waals surface area contributed by atoms with Gasteiger partial charge in [-0.2, -0.15) is 0 Å². The summed E-state index contributed by atoms with van der Waals surface area (Å²) in [6, 6.07) is 0.761. The summed E-state index contributed by atoms with van der Waals surface area (Å²) in [4.78, 5) is 7.48. The molecule has 1 aliphatic rings. The predicted molar refractivity (Wildman–Crippen MR) is 91.6 cm³/mol. The Bertz CT molecular complexity index is 402. The molecule has 0 bridgehead atoms. The molecule has 0 amide bonds. The Kier molecular flexibility index (Phi) is 7.14. The summed E-state index contributed by atoms with van der Waals surface area (Å²) >= 11 is 1.80. The van der Waals surface area contributed by atoms with E-state index in [9.17, 15) is 0 Å². The van der Waals surface area contributed by atoms with E-state index in [0.717, 1.165) is 25.7 Å². The highest BCUT2D eigenvalue weighted by Gasteiger charge is 2.20. The number of nitrogens with zero attached hydrogens (tertiary/aromatic N) is 2. The van der Waals surface area contributed by atoms with Crippen molar-refractivity contribution in [1.82, 2.24) is 15.2 Å². The summed E-state index contributed by atoms with van der Waals surface area (Å²) in [6.45, 7) is 11.1. The first-order valence-corrected chi connectivity index (χ1v) is 9.45. The molecule has 0 saturated carbocycles. The third kappa shape index (κ3) is 5.68. The Morgan fingerprint density at radius 3 is 3.00 bits per heavy atom. The van der Waals surface area contributed by atoms with Gasteiger partial charge >= 0.3 is 0 Å². The minimum Gasteiger partial charge on any atom is -0.310 e. The minimum atomic E-state index is 0.701. The lowest BCUT2D eigenvalue weighted by Gasteiger charge is -2.28. The molecule has 0 aromatic carbocycles. The van der Waals surface area contributed by atoms with Gasteiger partial charge in [-0.15, -0.1) is 11.3 Å². The monoisotopic (exact) mass is 309 g/mol. The van der Waals surface area contributed by atoms with Crippen LogP contribution in [0, 0.1) is 5.92 Å². The lowest BCUT2D eigenvalue weighted by atomic mass is 10.1. The second-order valence-corrected chi connectivity index (χ2v) is 7.58. The molecule has 21 heavy (non-hydrogen) atoms. The van der Waals surface area contributed by atoms with Gasteiger partial charge in [0.1, 0.15) is 5.01 Å². The molecule has 1 unspecified atom stereocenters. The smallest absolute Gasteiger partial charge is 0.107 e. The van der Waals surface area contributed by atoms with Gasteiger partial charge in [0.2, 0.25) is 0 Å². The summed E-state index contributed by atoms with van der Waals surface area (Å²) in [6.07, 6.45) is 6.78. The van der Waals surface area contributed by atoms with E-state index in [1.807, 2.05) is 0 Å². The van der Waals surface area contributed by atoms with Crippen LogP contribution in [0.5, 0.6) is 0 Å². The SMILES string of the molecule is CCC1CCCCCN1Cc1csc(CNCC(C)C)n1. The third-order valence-electron chi connectivity index (χ3n) is 4.26. The predicted octanol–water partition coefficient (Wildman–Crippen LogP) is 4.04. The van der Waals surface area contributed by atoms with Crippen molar-refractivity contribution in [2.45, 2.75) is 72.0 Å². The van der Waals surface area contributed by atoms with E-state index < -0.39 is 0 Å². The van der Waals surface area contributed by atoms with Gasteiger partial charge in [0.15, 0.2) is 0 Å². The Morgan fingerprint density at radius 1 is 1.38 bits per heavy atom. The van der Waals surface area contributed by atoms with Crippen molar-refractivity contribution < 1.29 is 0 Å². The largest absolute Gasteiger partial charge is 0.310 e. The first-order valence-electron chi connectivity index (χ1n) is 8.57. The van der Waals surface area contributed by atoms with E-state index in [4.69, 9.17) is 4.98 Å². The van der Waals surface area contributed by atoms with Gasteiger partial charge in [-0.05, 0) is 38.3 Å². The maximum Gasteiger partial charge on any atom is 0.107 e. The first-order chi connectivity index (χ1) is 10.2. The van der Waals surface area contributed by atoms with E-state index in [-0.39, 0.29) is 0 Å².